The predicted molar refractivity (Wildman–Crippen MR) is 102 cm³/mol. The van der Waals surface area contributed by atoms with E-state index in [9.17, 15) is 14.4 Å². The largest absolute Gasteiger partial charge is 0.322 e. The number of anilines is 2. The molecule has 2 aromatic rings. The molecule has 0 fully saturated rings. The average Bonchev–Trinajstić information content (AvgIpc) is 2.83. The van der Waals surface area contributed by atoms with Crippen LogP contribution in [0.25, 0.3) is 0 Å². The minimum atomic E-state index is -0.622. The number of rotatable bonds is 4. The number of allylic oxidation sites excluding steroid dienone is 1. The van der Waals surface area contributed by atoms with Crippen molar-refractivity contribution in [2.75, 3.05) is 10.2 Å². The van der Waals surface area contributed by atoms with E-state index in [4.69, 9.17) is 23.2 Å². The van der Waals surface area contributed by atoms with Gasteiger partial charge in [-0.3, -0.25) is 14.4 Å². The Morgan fingerprint density at radius 2 is 1.88 bits per heavy atom. The molecule has 0 aromatic heterocycles. The van der Waals surface area contributed by atoms with E-state index in [-0.39, 0.29) is 18.0 Å². The van der Waals surface area contributed by atoms with E-state index in [2.05, 4.69) is 5.32 Å². The second kappa shape index (κ2) is 7.32. The fourth-order valence-corrected chi connectivity index (χ4v) is 3.01. The average molecular weight is 389 g/mol. The maximum absolute atomic E-state index is 12.4. The molecular formula is C19H14Cl2N2O3. The lowest BCUT2D eigenvalue weighted by Gasteiger charge is -2.17. The van der Waals surface area contributed by atoms with Crippen LogP contribution in [0, 0.1) is 0 Å². The first-order chi connectivity index (χ1) is 12.4. The first-order valence-electron chi connectivity index (χ1n) is 7.78. The summed E-state index contributed by atoms with van der Waals surface area (Å²) in [4.78, 5) is 37.7. The van der Waals surface area contributed by atoms with E-state index in [1.165, 1.54) is 17.0 Å². The molecule has 0 saturated carbocycles. The highest BCUT2D eigenvalue weighted by Crippen LogP contribution is 2.33. The summed E-state index contributed by atoms with van der Waals surface area (Å²) in [5, 5.41) is 3.44. The SMILES string of the molecule is C/C=C/C(=O)Nc1ccc2c(c1)C(=O)C(=O)N2Cc1ccc(Cl)c(Cl)c1. The van der Waals surface area contributed by atoms with Gasteiger partial charge in [0.25, 0.3) is 11.7 Å². The zero-order valence-corrected chi connectivity index (χ0v) is 15.3. The number of Topliss-reactive ketones (excluding diaryl/α,β-unsaturated/α-hetero) is 1. The van der Waals surface area contributed by atoms with Crippen LogP contribution in [0.4, 0.5) is 11.4 Å². The highest BCUT2D eigenvalue weighted by atomic mass is 35.5. The van der Waals surface area contributed by atoms with E-state index < -0.39 is 11.7 Å². The molecule has 2 aromatic carbocycles. The molecule has 0 aliphatic carbocycles. The van der Waals surface area contributed by atoms with Crippen molar-refractivity contribution in [1.82, 2.24) is 0 Å². The smallest absolute Gasteiger partial charge is 0.299 e. The Balaban J connectivity index is 1.89. The van der Waals surface area contributed by atoms with Crippen LogP contribution in [0.5, 0.6) is 0 Å². The molecule has 132 valence electrons. The molecule has 26 heavy (non-hydrogen) atoms. The number of ketones is 1. The molecule has 1 heterocycles. The van der Waals surface area contributed by atoms with Crippen LogP contribution in [0.1, 0.15) is 22.8 Å². The van der Waals surface area contributed by atoms with Crippen molar-refractivity contribution in [3.63, 3.8) is 0 Å². The molecule has 5 nitrogen and oxygen atoms in total. The molecule has 1 N–H and O–H groups in total. The fourth-order valence-electron chi connectivity index (χ4n) is 2.69. The fraction of sp³-hybridized carbons (Fsp3) is 0.105. The molecule has 1 aliphatic rings. The Kier molecular flexibility index (Phi) is 5.11. The maximum Gasteiger partial charge on any atom is 0.299 e. The number of amides is 2. The molecule has 0 spiro atoms. The molecule has 1 aliphatic heterocycles. The summed E-state index contributed by atoms with van der Waals surface area (Å²) in [7, 11) is 0. The number of carbonyl (C=O) groups is 3. The summed E-state index contributed by atoms with van der Waals surface area (Å²) < 4.78 is 0. The van der Waals surface area contributed by atoms with E-state index >= 15 is 0 Å². The molecule has 7 heteroatoms. The molecular weight excluding hydrogens is 375 g/mol. The monoisotopic (exact) mass is 388 g/mol. The van der Waals surface area contributed by atoms with Crippen LogP contribution in [0.3, 0.4) is 0 Å². The predicted octanol–water partition coefficient (Wildman–Crippen LogP) is 4.24. The Bertz CT molecular complexity index is 954. The van der Waals surface area contributed by atoms with Gasteiger partial charge in [-0.05, 0) is 48.9 Å². The molecule has 0 saturated heterocycles. The highest BCUT2D eigenvalue weighted by Gasteiger charge is 2.36. The van der Waals surface area contributed by atoms with Crippen LogP contribution < -0.4 is 10.2 Å². The number of fused-ring (bicyclic) bond motifs is 1. The summed E-state index contributed by atoms with van der Waals surface area (Å²) in [6.45, 7) is 1.92. The number of hydrogen-bond donors (Lipinski definition) is 1. The van der Waals surface area contributed by atoms with Crippen molar-refractivity contribution in [1.29, 1.82) is 0 Å². The van der Waals surface area contributed by atoms with Gasteiger partial charge in [0.1, 0.15) is 0 Å². The van der Waals surface area contributed by atoms with Crippen molar-refractivity contribution < 1.29 is 14.4 Å². The van der Waals surface area contributed by atoms with Crippen LogP contribution in [-0.4, -0.2) is 17.6 Å². The highest BCUT2D eigenvalue weighted by molar-refractivity contribution is 6.52. The van der Waals surface area contributed by atoms with Gasteiger partial charge >= 0.3 is 0 Å². The van der Waals surface area contributed by atoms with Crippen molar-refractivity contribution in [3.8, 4) is 0 Å². The number of hydrogen-bond acceptors (Lipinski definition) is 3. The number of carbonyl (C=O) groups excluding carboxylic acids is 3. The van der Waals surface area contributed by atoms with Gasteiger partial charge in [-0.25, -0.2) is 0 Å². The second-order valence-electron chi connectivity index (χ2n) is 5.69. The van der Waals surface area contributed by atoms with Crippen molar-refractivity contribution >= 4 is 52.2 Å². The summed E-state index contributed by atoms with van der Waals surface area (Å²) >= 11 is 11.9. The molecule has 0 unspecified atom stereocenters. The first-order valence-corrected chi connectivity index (χ1v) is 8.54. The van der Waals surface area contributed by atoms with E-state index in [0.29, 0.717) is 21.4 Å². The lowest BCUT2D eigenvalue weighted by Crippen LogP contribution is -2.29. The summed E-state index contributed by atoms with van der Waals surface area (Å²) in [5.74, 6) is -1.54. The lowest BCUT2D eigenvalue weighted by molar-refractivity contribution is -0.114. The molecule has 3 rings (SSSR count). The van der Waals surface area contributed by atoms with Gasteiger partial charge in [-0.2, -0.15) is 0 Å². The third-order valence-corrected chi connectivity index (χ3v) is 4.62. The Hall–Kier alpha value is -2.63. The minimum absolute atomic E-state index is 0.193. The van der Waals surface area contributed by atoms with Crippen LogP contribution in [0.2, 0.25) is 10.0 Å². The summed E-state index contributed by atoms with van der Waals surface area (Å²) in [5.41, 5.74) is 1.95. The zero-order chi connectivity index (χ0) is 18.8. The minimum Gasteiger partial charge on any atom is -0.322 e. The van der Waals surface area contributed by atoms with Gasteiger partial charge in [0.15, 0.2) is 0 Å². The van der Waals surface area contributed by atoms with Crippen LogP contribution >= 0.6 is 23.2 Å². The quantitative estimate of drug-likeness (QED) is 0.629. The first kappa shape index (κ1) is 18.2. The van der Waals surface area contributed by atoms with Crippen molar-refractivity contribution in [3.05, 3.63) is 69.7 Å². The molecule has 0 radical (unpaired) electrons. The summed E-state index contributed by atoms with van der Waals surface area (Å²) in [6, 6.07) is 9.84. The number of nitrogens with one attached hydrogen (secondary N) is 1. The number of halogens is 2. The Labute approximate surface area is 160 Å². The number of benzene rings is 2. The molecule has 0 bridgehead atoms. The lowest BCUT2D eigenvalue weighted by atomic mass is 10.1. The standard InChI is InChI=1S/C19H14Cl2N2O3/c1-2-3-17(24)22-12-5-7-16-13(9-12)18(25)19(26)23(16)10-11-4-6-14(20)15(21)8-11/h2-9H,10H2,1H3,(H,22,24)/b3-2+. The molecule has 0 atom stereocenters. The normalized spacial score (nSPS) is 13.4. The van der Waals surface area contributed by atoms with Gasteiger partial charge in [0.05, 0.1) is 27.8 Å². The van der Waals surface area contributed by atoms with Crippen LogP contribution in [-0.2, 0) is 16.1 Å². The third-order valence-electron chi connectivity index (χ3n) is 3.88. The summed E-state index contributed by atoms with van der Waals surface area (Å²) in [6.07, 6.45) is 2.98. The van der Waals surface area contributed by atoms with E-state index in [0.717, 1.165) is 5.56 Å². The van der Waals surface area contributed by atoms with Gasteiger partial charge in [-0.15, -0.1) is 0 Å². The van der Waals surface area contributed by atoms with Gasteiger partial charge in [-0.1, -0.05) is 35.3 Å². The number of nitrogens with zero attached hydrogens (tertiary/aromatic N) is 1. The maximum atomic E-state index is 12.4. The van der Waals surface area contributed by atoms with Crippen molar-refractivity contribution in [2.45, 2.75) is 13.5 Å². The van der Waals surface area contributed by atoms with Gasteiger partial charge in [0, 0.05) is 5.69 Å². The van der Waals surface area contributed by atoms with Gasteiger partial charge < -0.3 is 10.2 Å². The van der Waals surface area contributed by atoms with Crippen molar-refractivity contribution in [2.24, 2.45) is 0 Å². The third kappa shape index (κ3) is 3.49. The van der Waals surface area contributed by atoms with Crippen LogP contribution in [0.15, 0.2) is 48.6 Å². The zero-order valence-electron chi connectivity index (χ0n) is 13.8. The topological polar surface area (TPSA) is 66.5 Å². The molecule has 2 amide bonds. The van der Waals surface area contributed by atoms with Gasteiger partial charge in [0.2, 0.25) is 5.91 Å². The Morgan fingerprint density at radius 1 is 1.12 bits per heavy atom. The second-order valence-corrected chi connectivity index (χ2v) is 6.50. The van der Waals surface area contributed by atoms with E-state index in [1.54, 1.807) is 43.3 Å². The van der Waals surface area contributed by atoms with E-state index in [1.807, 2.05) is 0 Å². The Morgan fingerprint density at radius 3 is 2.58 bits per heavy atom.